The average Bonchev–Trinajstić information content (AvgIpc) is 2.52. The van der Waals surface area contributed by atoms with Gasteiger partial charge in [-0.15, -0.1) is 0 Å². The van der Waals surface area contributed by atoms with Crippen molar-refractivity contribution in [2.45, 2.75) is 12.8 Å². The summed E-state index contributed by atoms with van der Waals surface area (Å²) in [5.74, 6) is 0.763. The molecule has 0 aromatic rings. The summed E-state index contributed by atoms with van der Waals surface area (Å²) in [6.45, 7) is 2.38. The van der Waals surface area contributed by atoms with Crippen LogP contribution in [0.15, 0.2) is 0 Å². The molecule has 1 heterocycles. The van der Waals surface area contributed by atoms with Crippen LogP contribution in [0.2, 0.25) is 0 Å². The lowest BCUT2D eigenvalue weighted by atomic mass is 9.95. The third-order valence-corrected chi connectivity index (χ3v) is 2.35. The average molecular weight is 159 g/mol. The molecule has 0 bridgehead atoms. The Bertz CT molecular complexity index is 98.3. The zero-order valence-corrected chi connectivity index (χ0v) is 6.79. The van der Waals surface area contributed by atoms with Crippen LogP contribution in [0.25, 0.3) is 0 Å². The first kappa shape index (κ1) is 8.97. The lowest BCUT2D eigenvalue weighted by Gasteiger charge is -2.14. The van der Waals surface area contributed by atoms with Crippen LogP contribution in [0.1, 0.15) is 12.8 Å². The zero-order chi connectivity index (χ0) is 8.10. The van der Waals surface area contributed by atoms with Crippen molar-refractivity contribution >= 4 is 0 Å². The van der Waals surface area contributed by atoms with Gasteiger partial charge in [0.15, 0.2) is 0 Å². The molecular formula is C8H17NO2. The molecule has 1 aliphatic rings. The molecule has 1 atom stereocenters. The number of aliphatic hydroxyl groups excluding tert-OH is 2. The first-order valence-corrected chi connectivity index (χ1v) is 4.29. The highest BCUT2D eigenvalue weighted by atomic mass is 16.3. The third-order valence-electron chi connectivity index (χ3n) is 2.35. The monoisotopic (exact) mass is 159 g/mol. The molecular weight excluding hydrogens is 142 g/mol. The summed E-state index contributed by atoms with van der Waals surface area (Å²) in [5.41, 5.74) is 0. The smallest absolute Gasteiger partial charge is 0.0481 e. The van der Waals surface area contributed by atoms with Crippen LogP contribution in [-0.2, 0) is 0 Å². The van der Waals surface area contributed by atoms with E-state index >= 15 is 0 Å². The van der Waals surface area contributed by atoms with Gasteiger partial charge < -0.3 is 15.5 Å². The van der Waals surface area contributed by atoms with E-state index in [1.165, 1.54) is 6.42 Å². The predicted molar refractivity (Wildman–Crippen MR) is 43.3 cm³/mol. The Morgan fingerprint density at radius 1 is 1.36 bits per heavy atom. The lowest BCUT2D eigenvalue weighted by molar-refractivity contribution is 0.132. The van der Waals surface area contributed by atoms with Gasteiger partial charge in [-0.2, -0.15) is 0 Å². The molecule has 0 saturated carbocycles. The summed E-state index contributed by atoms with van der Waals surface area (Å²) in [6, 6.07) is 0. The highest BCUT2D eigenvalue weighted by Gasteiger charge is 2.18. The maximum absolute atomic E-state index is 8.81. The van der Waals surface area contributed by atoms with Crippen LogP contribution < -0.4 is 5.32 Å². The van der Waals surface area contributed by atoms with Crippen molar-refractivity contribution < 1.29 is 10.2 Å². The van der Waals surface area contributed by atoms with Gasteiger partial charge in [0.1, 0.15) is 0 Å². The summed E-state index contributed by atoms with van der Waals surface area (Å²) in [5, 5.41) is 20.9. The number of hydrogen-bond donors (Lipinski definition) is 3. The lowest BCUT2D eigenvalue weighted by Crippen LogP contribution is -2.17. The van der Waals surface area contributed by atoms with Crippen LogP contribution in [0.3, 0.4) is 0 Å². The summed E-state index contributed by atoms with van der Waals surface area (Å²) in [6.07, 6.45) is 2.15. The molecule has 1 saturated heterocycles. The Hall–Kier alpha value is -0.120. The van der Waals surface area contributed by atoms with Gasteiger partial charge in [-0.3, -0.25) is 0 Å². The third kappa shape index (κ3) is 2.77. The van der Waals surface area contributed by atoms with Crippen molar-refractivity contribution in [1.82, 2.24) is 5.32 Å². The predicted octanol–water partition coefficient (Wildman–Crippen LogP) is -0.413. The highest BCUT2D eigenvalue weighted by Crippen LogP contribution is 2.17. The normalized spacial score (nSPS) is 24.8. The standard InChI is InChI=1S/C8H17NO2/c10-5-8(6-11)3-7-1-2-9-4-7/h7-11H,1-6H2. The van der Waals surface area contributed by atoms with Crippen LogP contribution in [-0.4, -0.2) is 36.5 Å². The van der Waals surface area contributed by atoms with Crippen molar-refractivity contribution in [2.24, 2.45) is 11.8 Å². The van der Waals surface area contributed by atoms with Gasteiger partial charge in [0.05, 0.1) is 0 Å². The van der Waals surface area contributed by atoms with E-state index in [9.17, 15) is 0 Å². The molecule has 0 radical (unpaired) electrons. The molecule has 11 heavy (non-hydrogen) atoms. The Kier molecular flexibility index (Phi) is 3.83. The summed E-state index contributed by atoms with van der Waals surface area (Å²) >= 11 is 0. The molecule has 3 heteroatoms. The van der Waals surface area contributed by atoms with Crippen LogP contribution in [0.5, 0.6) is 0 Å². The van der Waals surface area contributed by atoms with Gasteiger partial charge in [-0.25, -0.2) is 0 Å². The molecule has 66 valence electrons. The molecule has 0 aromatic carbocycles. The van der Waals surface area contributed by atoms with Crippen LogP contribution in [0, 0.1) is 11.8 Å². The quantitative estimate of drug-likeness (QED) is 0.522. The van der Waals surface area contributed by atoms with E-state index in [1.54, 1.807) is 0 Å². The van der Waals surface area contributed by atoms with E-state index in [4.69, 9.17) is 10.2 Å². The van der Waals surface area contributed by atoms with Crippen molar-refractivity contribution in [3.05, 3.63) is 0 Å². The van der Waals surface area contributed by atoms with Gasteiger partial charge in [0, 0.05) is 19.1 Å². The highest BCUT2D eigenvalue weighted by molar-refractivity contribution is 4.73. The van der Waals surface area contributed by atoms with E-state index < -0.39 is 0 Å². The second kappa shape index (κ2) is 4.70. The fraction of sp³-hybridized carbons (Fsp3) is 1.00. The minimum atomic E-state index is 0.0971. The van der Waals surface area contributed by atoms with Crippen molar-refractivity contribution in [2.75, 3.05) is 26.3 Å². The minimum absolute atomic E-state index is 0.0971. The molecule has 3 nitrogen and oxygen atoms in total. The SMILES string of the molecule is OCC(CO)CC1CCNC1. The second-order valence-electron chi connectivity index (χ2n) is 3.33. The van der Waals surface area contributed by atoms with Gasteiger partial charge in [0.25, 0.3) is 0 Å². The van der Waals surface area contributed by atoms with E-state index in [0.717, 1.165) is 19.5 Å². The van der Waals surface area contributed by atoms with Crippen molar-refractivity contribution in [1.29, 1.82) is 0 Å². The molecule has 1 aliphatic heterocycles. The molecule has 0 amide bonds. The number of rotatable bonds is 4. The van der Waals surface area contributed by atoms with Crippen LogP contribution >= 0.6 is 0 Å². The first-order chi connectivity index (χ1) is 5.36. The molecule has 1 fully saturated rings. The largest absolute Gasteiger partial charge is 0.396 e. The minimum Gasteiger partial charge on any atom is -0.396 e. The first-order valence-electron chi connectivity index (χ1n) is 4.29. The van der Waals surface area contributed by atoms with Crippen molar-refractivity contribution in [3.8, 4) is 0 Å². The van der Waals surface area contributed by atoms with E-state index in [-0.39, 0.29) is 19.1 Å². The fourth-order valence-electron chi connectivity index (χ4n) is 1.59. The van der Waals surface area contributed by atoms with Crippen LogP contribution in [0.4, 0.5) is 0 Å². The fourth-order valence-corrected chi connectivity index (χ4v) is 1.59. The topological polar surface area (TPSA) is 52.5 Å². The Morgan fingerprint density at radius 2 is 2.09 bits per heavy atom. The van der Waals surface area contributed by atoms with E-state index in [1.807, 2.05) is 0 Å². The summed E-state index contributed by atoms with van der Waals surface area (Å²) in [7, 11) is 0. The van der Waals surface area contributed by atoms with Gasteiger partial charge in [0.2, 0.25) is 0 Å². The maximum Gasteiger partial charge on any atom is 0.0481 e. The molecule has 0 aromatic heterocycles. The van der Waals surface area contributed by atoms with Crippen molar-refractivity contribution in [3.63, 3.8) is 0 Å². The number of hydrogen-bond acceptors (Lipinski definition) is 3. The Labute approximate surface area is 67.4 Å². The molecule has 0 spiro atoms. The van der Waals surface area contributed by atoms with Gasteiger partial charge in [-0.1, -0.05) is 0 Å². The van der Waals surface area contributed by atoms with E-state index in [2.05, 4.69) is 5.32 Å². The molecule has 1 unspecified atom stereocenters. The Balaban J connectivity index is 2.16. The summed E-state index contributed by atoms with van der Waals surface area (Å²) in [4.78, 5) is 0. The molecule has 3 N–H and O–H groups in total. The maximum atomic E-state index is 8.81. The second-order valence-corrected chi connectivity index (χ2v) is 3.33. The molecule has 0 aliphatic carbocycles. The molecule has 1 rings (SSSR count). The Morgan fingerprint density at radius 3 is 2.55 bits per heavy atom. The van der Waals surface area contributed by atoms with E-state index in [0.29, 0.717) is 5.92 Å². The van der Waals surface area contributed by atoms with Gasteiger partial charge >= 0.3 is 0 Å². The number of aliphatic hydroxyl groups is 2. The zero-order valence-electron chi connectivity index (χ0n) is 6.79. The summed E-state index contributed by atoms with van der Waals surface area (Å²) < 4.78 is 0. The number of nitrogens with one attached hydrogen (secondary N) is 1. The van der Waals surface area contributed by atoms with Gasteiger partial charge in [-0.05, 0) is 31.8 Å².